The maximum absolute atomic E-state index is 10.8. The average Bonchev–Trinajstić information content (AvgIpc) is 2.02. The van der Waals surface area contributed by atoms with Crippen LogP contribution in [-0.4, -0.2) is 16.5 Å². The zero-order valence-corrected chi connectivity index (χ0v) is 10.1. The Morgan fingerprint density at radius 1 is 1.36 bits per heavy atom. The van der Waals surface area contributed by atoms with E-state index in [-0.39, 0.29) is 5.38 Å². The Labute approximate surface area is 91.6 Å². The van der Waals surface area contributed by atoms with Crippen LogP contribution >= 0.6 is 11.6 Å². The van der Waals surface area contributed by atoms with Gasteiger partial charge in [0.05, 0.1) is 5.41 Å². The van der Waals surface area contributed by atoms with Gasteiger partial charge in [0.1, 0.15) is 0 Å². The largest absolute Gasteiger partial charge is 0.481 e. The van der Waals surface area contributed by atoms with E-state index in [9.17, 15) is 4.79 Å². The number of hydrogen-bond donors (Lipinski definition) is 1. The summed E-state index contributed by atoms with van der Waals surface area (Å²) in [5.41, 5.74) is -0.577. The molecule has 0 aromatic heterocycles. The minimum Gasteiger partial charge on any atom is -0.481 e. The van der Waals surface area contributed by atoms with Crippen molar-refractivity contribution in [2.75, 3.05) is 0 Å². The van der Waals surface area contributed by atoms with Gasteiger partial charge in [-0.15, -0.1) is 11.6 Å². The molecule has 0 rings (SSSR count). The maximum atomic E-state index is 10.8. The molecule has 0 aliphatic carbocycles. The summed E-state index contributed by atoms with van der Waals surface area (Å²) in [6.45, 7) is 5.54. The normalized spacial score (nSPS) is 14.0. The summed E-state index contributed by atoms with van der Waals surface area (Å²) >= 11 is 5.80. The molecule has 0 bridgehead atoms. The van der Waals surface area contributed by atoms with Crippen molar-refractivity contribution in [2.45, 2.75) is 58.3 Å². The molecule has 0 aliphatic rings. The number of aliphatic carboxylic acids is 1. The third-order valence-corrected chi connectivity index (χ3v) is 2.70. The minimum atomic E-state index is -0.705. The summed E-state index contributed by atoms with van der Waals surface area (Å²) in [4.78, 5) is 10.8. The molecule has 0 spiro atoms. The standard InChI is InChI=1S/C11H21ClO2/c1-9(12)7-5-4-6-8-11(2,3)10(13)14/h9H,4-8H2,1-3H3,(H,13,14). The first-order chi connectivity index (χ1) is 6.36. The van der Waals surface area contributed by atoms with Gasteiger partial charge in [0.25, 0.3) is 0 Å². The molecule has 0 radical (unpaired) electrons. The van der Waals surface area contributed by atoms with Gasteiger partial charge < -0.3 is 5.11 Å². The summed E-state index contributed by atoms with van der Waals surface area (Å²) in [7, 11) is 0. The van der Waals surface area contributed by atoms with Gasteiger partial charge in [-0.1, -0.05) is 19.3 Å². The van der Waals surface area contributed by atoms with Gasteiger partial charge in [0, 0.05) is 5.38 Å². The average molecular weight is 221 g/mol. The molecule has 2 nitrogen and oxygen atoms in total. The van der Waals surface area contributed by atoms with Crippen molar-refractivity contribution in [1.82, 2.24) is 0 Å². The maximum Gasteiger partial charge on any atom is 0.309 e. The number of alkyl halides is 1. The van der Waals surface area contributed by atoms with E-state index in [1.54, 1.807) is 13.8 Å². The van der Waals surface area contributed by atoms with Crippen molar-refractivity contribution < 1.29 is 9.90 Å². The summed E-state index contributed by atoms with van der Waals surface area (Å²) < 4.78 is 0. The molecule has 0 aromatic rings. The van der Waals surface area contributed by atoms with Crippen LogP contribution in [0.5, 0.6) is 0 Å². The van der Waals surface area contributed by atoms with Crippen LogP contribution in [0.2, 0.25) is 0 Å². The zero-order valence-electron chi connectivity index (χ0n) is 9.35. The lowest BCUT2D eigenvalue weighted by molar-refractivity contribution is -0.147. The first kappa shape index (κ1) is 13.8. The summed E-state index contributed by atoms with van der Waals surface area (Å²) in [6, 6.07) is 0. The van der Waals surface area contributed by atoms with Crippen LogP contribution in [0, 0.1) is 5.41 Å². The molecule has 14 heavy (non-hydrogen) atoms. The Hall–Kier alpha value is -0.240. The molecule has 3 heteroatoms. The second kappa shape index (κ2) is 6.28. The summed E-state index contributed by atoms with van der Waals surface area (Å²) in [5, 5.41) is 9.10. The van der Waals surface area contributed by atoms with Crippen LogP contribution in [0.4, 0.5) is 0 Å². The molecular weight excluding hydrogens is 200 g/mol. The minimum absolute atomic E-state index is 0.238. The molecule has 1 N–H and O–H groups in total. The number of carbonyl (C=O) groups is 1. The van der Waals surface area contributed by atoms with Crippen LogP contribution in [-0.2, 0) is 4.79 Å². The highest BCUT2D eigenvalue weighted by Crippen LogP contribution is 2.24. The third-order valence-electron chi connectivity index (χ3n) is 2.48. The van der Waals surface area contributed by atoms with E-state index in [0.29, 0.717) is 0 Å². The fourth-order valence-electron chi connectivity index (χ4n) is 1.28. The van der Waals surface area contributed by atoms with Crippen LogP contribution < -0.4 is 0 Å². The van der Waals surface area contributed by atoms with Crippen molar-refractivity contribution in [2.24, 2.45) is 5.41 Å². The van der Waals surface area contributed by atoms with Gasteiger partial charge in [-0.05, 0) is 33.6 Å². The lowest BCUT2D eigenvalue weighted by Gasteiger charge is -2.18. The molecule has 0 aromatic carbocycles. The molecule has 0 amide bonds. The van der Waals surface area contributed by atoms with E-state index < -0.39 is 11.4 Å². The van der Waals surface area contributed by atoms with Gasteiger partial charge in [-0.25, -0.2) is 0 Å². The third kappa shape index (κ3) is 6.25. The van der Waals surface area contributed by atoms with E-state index in [2.05, 4.69) is 0 Å². The summed E-state index contributed by atoms with van der Waals surface area (Å²) in [6.07, 6.45) is 4.92. The Morgan fingerprint density at radius 2 is 1.93 bits per heavy atom. The Balaban J connectivity index is 3.49. The van der Waals surface area contributed by atoms with Crippen molar-refractivity contribution in [3.05, 3.63) is 0 Å². The zero-order chi connectivity index (χ0) is 11.2. The van der Waals surface area contributed by atoms with Crippen molar-refractivity contribution in [1.29, 1.82) is 0 Å². The van der Waals surface area contributed by atoms with Gasteiger partial charge in [0.15, 0.2) is 0 Å². The molecule has 0 saturated heterocycles. The second-order valence-electron chi connectivity index (χ2n) is 4.57. The van der Waals surface area contributed by atoms with E-state index in [1.807, 2.05) is 6.92 Å². The Morgan fingerprint density at radius 3 is 2.36 bits per heavy atom. The fraction of sp³-hybridized carbons (Fsp3) is 0.909. The van der Waals surface area contributed by atoms with E-state index in [1.165, 1.54) is 0 Å². The molecule has 0 saturated carbocycles. The molecule has 0 aliphatic heterocycles. The Kier molecular flexibility index (Phi) is 6.17. The number of rotatable bonds is 7. The van der Waals surface area contributed by atoms with Gasteiger partial charge in [-0.3, -0.25) is 4.79 Å². The van der Waals surface area contributed by atoms with Crippen LogP contribution in [0.25, 0.3) is 0 Å². The monoisotopic (exact) mass is 220 g/mol. The van der Waals surface area contributed by atoms with Crippen molar-refractivity contribution >= 4 is 17.6 Å². The van der Waals surface area contributed by atoms with Crippen molar-refractivity contribution in [3.63, 3.8) is 0 Å². The quantitative estimate of drug-likeness (QED) is 0.525. The smallest absolute Gasteiger partial charge is 0.309 e. The van der Waals surface area contributed by atoms with Crippen LogP contribution in [0.3, 0.4) is 0 Å². The number of hydrogen-bond acceptors (Lipinski definition) is 1. The Bertz CT molecular complexity index is 176. The molecule has 84 valence electrons. The fourth-order valence-corrected chi connectivity index (χ4v) is 1.43. The number of carboxylic acids is 1. The van der Waals surface area contributed by atoms with Gasteiger partial charge in [0.2, 0.25) is 0 Å². The molecular formula is C11H21ClO2. The first-order valence-electron chi connectivity index (χ1n) is 5.24. The topological polar surface area (TPSA) is 37.3 Å². The molecule has 1 unspecified atom stereocenters. The number of carboxylic acid groups (broad SMARTS) is 1. The number of halogens is 1. The lowest BCUT2D eigenvalue weighted by atomic mass is 9.87. The second-order valence-corrected chi connectivity index (χ2v) is 5.31. The van der Waals surface area contributed by atoms with Gasteiger partial charge >= 0.3 is 5.97 Å². The highest BCUT2D eigenvalue weighted by Gasteiger charge is 2.25. The number of unbranched alkanes of at least 4 members (excludes halogenated alkanes) is 2. The van der Waals surface area contributed by atoms with Crippen molar-refractivity contribution in [3.8, 4) is 0 Å². The van der Waals surface area contributed by atoms with E-state index in [0.717, 1.165) is 32.1 Å². The van der Waals surface area contributed by atoms with Crippen LogP contribution in [0.1, 0.15) is 52.9 Å². The summed E-state index contributed by atoms with van der Waals surface area (Å²) in [5.74, 6) is -0.705. The van der Waals surface area contributed by atoms with Gasteiger partial charge in [-0.2, -0.15) is 0 Å². The lowest BCUT2D eigenvalue weighted by Crippen LogP contribution is -2.23. The van der Waals surface area contributed by atoms with Crippen LogP contribution in [0.15, 0.2) is 0 Å². The molecule has 1 atom stereocenters. The molecule has 0 fully saturated rings. The molecule has 0 heterocycles. The highest BCUT2D eigenvalue weighted by molar-refractivity contribution is 6.20. The first-order valence-corrected chi connectivity index (χ1v) is 5.67. The highest BCUT2D eigenvalue weighted by atomic mass is 35.5. The van der Waals surface area contributed by atoms with E-state index in [4.69, 9.17) is 16.7 Å². The predicted molar refractivity (Wildman–Crippen MR) is 59.8 cm³/mol. The SMILES string of the molecule is CC(Cl)CCCCCC(C)(C)C(=O)O. The van der Waals surface area contributed by atoms with E-state index >= 15 is 0 Å². The predicted octanol–water partition coefficient (Wildman–Crippen LogP) is 3.68.